The number of carbonyl (C=O) groups is 1. The molecule has 1 aliphatic carbocycles. The summed E-state index contributed by atoms with van der Waals surface area (Å²) in [6, 6.07) is 9.92. The number of hydrogen-bond acceptors (Lipinski definition) is 6. The summed E-state index contributed by atoms with van der Waals surface area (Å²) in [5.74, 6) is 0.312. The third-order valence-electron chi connectivity index (χ3n) is 11.1. The van der Waals surface area contributed by atoms with Crippen LogP contribution in [0.3, 0.4) is 0 Å². The van der Waals surface area contributed by atoms with Crippen molar-refractivity contribution < 1.29 is 9.53 Å². The topological polar surface area (TPSA) is 66.7 Å². The summed E-state index contributed by atoms with van der Waals surface area (Å²) in [5.41, 5.74) is 5.74. The van der Waals surface area contributed by atoms with Gasteiger partial charge in [0.15, 0.2) is 5.15 Å². The number of piperidine rings is 1. The summed E-state index contributed by atoms with van der Waals surface area (Å²) < 4.78 is 7.50. The van der Waals surface area contributed by atoms with Crippen molar-refractivity contribution >= 4 is 34.2 Å². The monoisotopic (exact) mass is 588 g/mol. The van der Waals surface area contributed by atoms with Crippen LogP contribution in [0.5, 0.6) is 0 Å². The van der Waals surface area contributed by atoms with Crippen LogP contribution >= 0.6 is 11.6 Å². The molecule has 3 aromatic rings. The largest absolute Gasteiger partial charge is 0.378 e. The summed E-state index contributed by atoms with van der Waals surface area (Å²) in [6.07, 6.45) is 6.92. The van der Waals surface area contributed by atoms with Gasteiger partial charge in [0.05, 0.1) is 42.2 Å². The van der Waals surface area contributed by atoms with Gasteiger partial charge in [0.2, 0.25) is 5.91 Å². The zero-order chi connectivity index (χ0) is 28.8. The van der Waals surface area contributed by atoms with Gasteiger partial charge in [0.1, 0.15) is 5.52 Å². The Kier molecular flexibility index (Phi) is 6.28. The number of hydrogen-bond donors (Lipinski definition) is 0. The van der Waals surface area contributed by atoms with Crippen molar-refractivity contribution in [1.29, 1.82) is 0 Å². The van der Waals surface area contributed by atoms with E-state index in [2.05, 4.69) is 58.7 Å². The molecule has 4 aliphatic heterocycles. The molecular formula is C33H41ClN6O2. The molecule has 8 rings (SSSR count). The lowest BCUT2D eigenvalue weighted by Crippen LogP contribution is -2.59. The summed E-state index contributed by atoms with van der Waals surface area (Å²) in [4.78, 5) is 31.4. The number of rotatable bonds is 5. The van der Waals surface area contributed by atoms with E-state index in [1.165, 1.54) is 18.5 Å². The molecule has 42 heavy (non-hydrogen) atoms. The van der Waals surface area contributed by atoms with E-state index in [4.69, 9.17) is 21.3 Å². The highest BCUT2D eigenvalue weighted by Crippen LogP contribution is 2.52. The number of likely N-dealkylation sites (tertiary alicyclic amines) is 2. The molecule has 0 bridgehead atoms. The van der Waals surface area contributed by atoms with Crippen molar-refractivity contribution in [3.8, 4) is 11.3 Å². The van der Waals surface area contributed by atoms with E-state index in [-0.39, 0.29) is 6.04 Å². The van der Waals surface area contributed by atoms with Gasteiger partial charge in [0.25, 0.3) is 0 Å². The number of nitrogens with zero attached hydrogens (tertiary/aromatic N) is 6. The standard InChI is InChI=1S/C33H41ClN6O2/c1-4-37-20-35-27-16-26(36-30(34)29(27)37)21-5-6-25-28(13-21)40(23-14-22(15-23)39-10-7-32(2,3)19-39)31(41)33(25)8-11-38(12-9-33)24-17-42-18-24/h5-6,13,16,20,22-24H,4,7-12,14-15,17-19H2,1-3H3. The van der Waals surface area contributed by atoms with Crippen LogP contribution in [0, 0.1) is 5.41 Å². The molecule has 222 valence electrons. The number of aryl methyl sites for hydroxylation is 1. The van der Waals surface area contributed by atoms with Crippen molar-refractivity contribution in [2.24, 2.45) is 5.41 Å². The third kappa shape index (κ3) is 4.09. The minimum absolute atomic E-state index is 0.247. The first-order valence-corrected chi connectivity index (χ1v) is 16.2. The van der Waals surface area contributed by atoms with Gasteiger partial charge in [-0.15, -0.1) is 0 Å². The van der Waals surface area contributed by atoms with E-state index in [0.29, 0.717) is 28.6 Å². The Balaban J connectivity index is 1.13. The van der Waals surface area contributed by atoms with Crippen molar-refractivity contribution in [3.05, 3.63) is 41.3 Å². The number of halogens is 1. The van der Waals surface area contributed by atoms with Crippen LogP contribution in [-0.4, -0.2) is 87.8 Å². The number of carbonyl (C=O) groups excluding carboxylic acids is 1. The molecule has 0 unspecified atom stereocenters. The fourth-order valence-corrected chi connectivity index (χ4v) is 8.57. The highest BCUT2D eigenvalue weighted by Gasteiger charge is 2.56. The number of imidazole rings is 1. The first-order chi connectivity index (χ1) is 20.3. The molecule has 1 amide bonds. The van der Waals surface area contributed by atoms with Crippen LogP contribution in [0.2, 0.25) is 5.15 Å². The highest BCUT2D eigenvalue weighted by molar-refractivity contribution is 6.34. The summed E-state index contributed by atoms with van der Waals surface area (Å²) in [6.45, 7) is 13.5. The van der Waals surface area contributed by atoms with E-state index in [1.807, 2.05) is 17.0 Å². The van der Waals surface area contributed by atoms with Gasteiger partial charge >= 0.3 is 0 Å². The lowest BCUT2D eigenvalue weighted by Gasteiger charge is -2.47. The molecule has 3 saturated heterocycles. The van der Waals surface area contributed by atoms with Crippen LogP contribution in [0.15, 0.2) is 30.6 Å². The van der Waals surface area contributed by atoms with Crippen molar-refractivity contribution in [3.63, 3.8) is 0 Å². The minimum atomic E-state index is -0.440. The number of ether oxygens (including phenoxy) is 1. The van der Waals surface area contributed by atoms with Crippen LogP contribution in [0.1, 0.15) is 58.4 Å². The fourth-order valence-electron chi connectivity index (χ4n) is 8.27. The number of amides is 1. The van der Waals surface area contributed by atoms with Crippen LogP contribution in [-0.2, 0) is 21.5 Å². The molecule has 9 heteroatoms. The Morgan fingerprint density at radius 1 is 1.00 bits per heavy atom. The zero-order valence-corrected chi connectivity index (χ0v) is 25.7. The molecule has 0 radical (unpaired) electrons. The van der Waals surface area contributed by atoms with Gasteiger partial charge in [0, 0.05) is 36.4 Å². The fraction of sp³-hybridized carbons (Fsp3) is 0.606. The molecule has 5 aliphatic rings. The Labute approximate surface area is 253 Å². The molecule has 1 spiro atoms. The summed E-state index contributed by atoms with van der Waals surface area (Å²) in [5, 5.41) is 0.467. The lowest BCUT2D eigenvalue weighted by atomic mass is 9.73. The van der Waals surface area contributed by atoms with Crippen LogP contribution in [0.4, 0.5) is 5.69 Å². The van der Waals surface area contributed by atoms with E-state index < -0.39 is 5.41 Å². The van der Waals surface area contributed by atoms with E-state index in [1.54, 1.807) is 0 Å². The maximum Gasteiger partial charge on any atom is 0.238 e. The maximum absolute atomic E-state index is 14.6. The maximum atomic E-state index is 14.6. The third-order valence-corrected chi connectivity index (χ3v) is 11.3. The molecule has 1 aromatic carbocycles. The Morgan fingerprint density at radius 2 is 1.76 bits per heavy atom. The van der Waals surface area contributed by atoms with Crippen LogP contribution < -0.4 is 4.90 Å². The zero-order valence-electron chi connectivity index (χ0n) is 25.0. The number of pyridine rings is 1. The molecule has 8 nitrogen and oxygen atoms in total. The predicted molar refractivity (Wildman–Crippen MR) is 165 cm³/mol. The molecule has 1 saturated carbocycles. The molecule has 4 fully saturated rings. The quantitative estimate of drug-likeness (QED) is 0.386. The Morgan fingerprint density at radius 3 is 2.43 bits per heavy atom. The van der Waals surface area contributed by atoms with Crippen molar-refractivity contribution in [2.75, 3.05) is 44.3 Å². The Hall–Kier alpha value is -2.52. The first-order valence-electron chi connectivity index (χ1n) is 15.8. The minimum Gasteiger partial charge on any atom is -0.378 e. The lowest BCUT2D eigenvalue weighted by molar-refractivity contribution is -0.128. The summed E-state index contributed by atoms with van der Waals surface area (Å²) >= 11 is 6.70. The van der Waals surface area contributed by atoms with Gasteiger partial charge in [-0.2, -0.15) is 0 Å². The molecular weight excluding hydrogens is 548 g/mol. The predicted octanol–water partition coefficient (Wildman–Crippen LogP) is 5.11. The van der Waals surface area contributed by atoms with Gasteiger partial charge < -0.3 is 14.2 Å². The van der Waals surface area contributed by atoms with E-state index in [0.717, 1.165) is 93.1 Å². The van der Waals surface area contributed by atoms with Crippen molar-refractivity contribution in [2.45, 2.75) is 83.0 Å². The second-order valence-electron chi connectivity index (χ2n) is 14.1. The van der Waals surface area contributed by atoms with E-state index in [9.17, 15) is 4.79 Å². The molecule has 6 heterocycles. The van der Waals surface area contributed by atoms with Gasteiger partial charge in [-0.25, -0.2) is 9.97 Å². The number of fused-ring (bicyclic) bond motifs is 3. The second-order valence-corrected chi connectivity index (χ2v) is 14.4. The van der Waals surface area contributed by atoms with Gasteiger partial charge in [-0.05, 0) is 81.8 Å². The normalized spacial score (nSPS) is 27.5. The molecule has 0 atom stereocenters. The van der Waals surface area contributed by atoms with Crippen molar-refractivity contribution in [1.82, 2.24) is 24.3 Å². The first kappa shape index (κ1) is 27.1. The average molecular weight is 589 g/mol. The molecule has 0 N–H and O–H groups in total. The van der Waals surface area contributed by atoms with E-state index >= 15 is 0 Å². The highest BCUT2D eigenvalue weighted by atomic mass is 35.5. The van der Waals surface area contributed by atoms with Gasteiger partial charge in [-0.1, -0.05) is 37.6 Å². The number of aromatic nitrogens is 3. The van der Waals surface area contributed by atoms with Crippen LogP contribution in [0.25, 0.3) is 22.3 Å². The average Bonchev–Trinajstić information content (AvgIpc) is 3.57. The smallest absolute Gasteiger partial charge is 0.238 e. The molecule has 2 aromatic heterocycles. The number of benzene rings is 1. The van der Waals surface area contributed by atoms with Gasteiger partial charge in [-0.3, -0.25) is 14.6 Å². The SMILES string of the molecule is CCn1cnc2cc(-c3ccc4c(c3)N(C3CC(N5CCC(C)(C)C5)C3)C(=O)C43CCN(C4COC4)CC3)nc(Cl)c21. The second kappa shape index (κ2) is 9.74. The summed E-state index contributed by atoms with van der Waals surface area (Å²) in [7, 11) is 0. The Bertz CT molecular complexity index is 1550. The number of anilines is 1.